The van der Waals surface area contributed by atoms with Crippen LogP contribution < -0.4 is 4.72 Å². The highest BCUT2D eigenvalue weighted by molar-refractivity contribution is 7.89. The lowest BCUT2D eigenvalue weighted by atomic mass is 10.2. The van der Waals surface area contributed by atoms with Gasteiger partial charge in [-0.25, -0.2) is 8.42 Å². The van der Waals surface area contributed by atoms with Crippen molar-refractivity contribution in [2.45, 2.75) is 30.8 Å². The number of aromatic nitrogens is 2. The summed E-state index contributed by atoms with van der Waals surface area (Å²) in [5, 5.41) is 12.3. The van der Waals surface area contributed by atoms with Gasteiger partial charge in [0.25, 0.3) is 10.0 Å². The van der Waals surface area contributed by atoms with Crippen molar-refractivity contribution in [3.63, 3.8) is 0 Å². The SMILES string of the molecule is CCC[C@@H](NS(=O)(=O)c1c(Cl)cnn1C)C(=O)O. The van der Waals surface area contributed by atoms with Crippen LogP contribution in [0.25, 0.3) is 0 Å². The zero-order chi connectivity index (χ0) is 13.9. The molecule has 7 nitrogen and oxygen atoms in total. The van der Waals surface area contributed by atoms with Gasteiger partial charge in [-0.15, -0.1) is 0 Å². The monoisotopic (exact) mass is 295 g/mol. The van der Waals surface area contributed by atoms with E-state index in [9.17, 15) is 13.2 Å². The fraction of sp³-hybridized carbons (Fsp3) is 0.556. The molecule has 102 valence electrons. The van der Waals surface area contributed by atoms with Crippen LogP contribution in [0.5, 0.6) is 0 Å². The average molecular weight is 296 g/mol. The van der Waals surface area contributed by atoms with Crippen molar-refractivity contribution in [2.75, 3.05) is 0 Å². The molecule has 0 spiro atoms. The van der Waals surface area contributed by atoms with Crippen LogP contribution >= 0.6 is 11.6 Å². The lowest BCUT2D eigenvalue weighted by Gasteiger charge is -2.14. The summed E-state index contributed by atoms with van der Waals surface area (Å²) >= 11 is 5.72. The lowest BCUT2D eigenvalue weighted by Crippen LogP contribution is -2.41. The Bertz CT molecular complexity index is 521. The molecule has 0 aliphatic rings. The lowest BCUT2D eigenvalue weighted by molar-refractivity contribution is -0.139. The molecule has 2 N–H and O–H groups in total. The third-order valence-electron chi connectivity index (χ3n) is 2.27. The molecule has 0 aliphatic carbocycles. The number of carboxylic acid groups (broad SMARTS) is 1. The van der Waals surface area contributed by atoms with Gasteiger partial charge < -0.3 is 5.11 Å². The van der Waals surface area contributed by atoms with Crippen molar-refractivity contribution in [1.82, 2.24) is 14.5 Å². The molecule has 1 aromatic rings. The first-order valence-electron chi connectivity index (χ1n) is 5.22. The van der Waals surface area contributed by atoms with Crippen LogP contribution in [-0.2, 0) is 21.9 Å². The molecule has 0 fully saturated rings. The van der Waals surface area contributed by atoms with Gasteiger partial charge in [0.2, 0.25) is 0 Å². The molecule has 0 saturated carbocycles. The summed E-state index contributed by atoms with van der Waals surface area (Å²) in [6.45, 7) is 1.77. The van der Waals surface area contributed by atoms with Gasteiger partial charge in [0.1, 0.15) is 6.04 Å². The number of hydrogen-bond acceptors (Lipinski definition) is 4. The van der Waals surface area contributed by atoms with E-state index >= 15 is 0 Å². The number of rotatable bonds is 6. The second-order valence-corrected chi connectivity index (χ2v) is 5.76. The average Bonchev–Trinajstić information content (AvgIpc) is 2.58. The molecule has 18 heavy (non-hydrogen) atoms. The highest BCUT2D eigenvalue weighted by Gasteiger charge is 2.28. The molecule has 0 unspecified atom stereocenters. The smallest absolute Gasteiger partial charge is 0.321 e. The van der Waals surface area contributed by atoms with Gasteiger partial charge in [-0.3, -0.25) is 9.48 Å². The molecular formula is C9H14ClN3O4S. The predicted octanol–water partition coefficient (Wildman–Crippen LogP) is 0.605. The number of halogens is 1. The Morgan fingerprint density at radius 2 is 2.28 bits per heavy atom. The molecule has 9 heteroatoms. The number of carboxylic acids is 1. The molecule has 1 atom stereocenters. The summed E-state index contributed by atoms with van der Waals surface area (Å²) in [5.41, 5.74) is 0. The summed E-state index contributed by atoms with van der Waals surface area (Å²) in [4.78, 5) is 10.9. The molecule has 0 radical (unpaired) electrons. The van der Waals surface area contributed by atoms with Crippen LogP contribution in [0.15, 0.2) is 11.2 Å². The van der Waals surface area contributed by atoms with E-state index in [0.29, 0.717) is 6.42 Å². The number of nitrogens with one attached hydrogen (secondary N) is 1. The van der Waals surface area contributed by atoms with Gasteiger partial charge in [-0.2, -0.15) is 9.82 Å². The first-order chi connectivity index (χ1) is 8.29. The number of nitrogens with zero attached hydrogens (tertiary/aromatic N) is 2. The standard InChI is InChI=1S/C9H14ClN3O4S/c1-3-4-7(9(14)15)12-18(16,17)8-6(10)5-11-13(8)2/h5,7,12H,3-4H2,1-2H3,(H,14,15)/t7-/m1/s1. The van der Waals surface area contributed by atoms with Crippen molar-refractivity contribution in [1.29, 1.82) is 0 Å². The van der Waals surface area contributed by atoms with Crippen molar-refractivity contribution in [3.8, 4) is 0 Å². The largest absolute Gasteiger partial charge is 0.480 e. The quantitative estimate of drug-likeness (QED) is 0.800. The third-order valence-corrected chi connectivity index (χ3v) is 4.25. The van der Waals surface area contributed by atoms with E-state index in [0.717, 1.165) is 4.68 Å². The van der Waals surface area contributed by atoms with E-state index in [-0.39, 0.29) is 16.5 Å². The van der Waals surface area contributed by atoms with Crippen molar-refractivity contribution in [2.24, 2.45) is 7.05 Å². The van der Waals surface area contributed by atoms with Crippen molar-refractivity contribution < 1.29 is 18.3 Å². The zero-order valence-corrected chi connectivity index (χ0v) is 11.5. The molecule has 0 amide bonds. The molecule has 0 saturated heterocycles. The highest BCUT2D eigenvalue weighted by atomic mass is 35.5. The first kappa shape index (κ1) is 14.9. The number of carbonyl (C=O) groups is 1. The maximum Gasteiger partial charge on any atom is 0.321 e. The Morgan fingerprint density at radius 3 is 2.67 bits per heavy atom. The van der Waals surface area contributed by atoms with E-state index in [1.54, 1.807) is 6.92 Å². The summed E-state index contributed by atoms with van der Waals surface area (Å²) in [7, 11) is -2.59. The highest BCUT2D eigenvalue weighted by Crippen LogP contribution is 2.20. The van der Waals surface area contributed by atoms with Crippen LogP contribution in [0.4, 0.5) is 0 Å². The maximum atomic E-state index is 12.0. The Balaban J connectivity index is 3.05. The van der Waals surface area contributed by atoms with E-state index in [1.165, 1.54) is 13.2 Å². The maximum absolute atomic E-state index is 12.0. The summed E-state index contributed by atoms with van der Waals surface area (Å²) in [6, 6.07) is -1.18. The zero-order valence-electron chi connectivity index (χ0n) is 9.92. The molecule has 1 rings (SSSR count). The number of hydrogen-bond donors (Lipinski definition) is 2. The van der Waals surface area contributed by atoms with E-state index in [1.807, 2.05) is 0 Å². The van der Waals surface area contributed by atoms with E-state index in [4.69, 9.17) is 16.7 Å². The number of aryl methyl sites for hydroxylation is 1. The van der Waals surface area contributed by atoms with Crippen LogP contribution in [0, 0.1) is 0 Å². The minimum absolute atomic E-state index is 0.0503. The molecule has 0 aliphatic heterocycles. The topological polar surface area (TPSA) is 101 Å². The van der Waals surface area contributed by atoms with Gasteiger partial charge in [0, 0.05) is 7.05 Å². The first-order valence-corrected chi connectivity index (χ1v) is 7.08. The van der Waals surface area contributed by atoms with E-state index < -0.39 is 22.0 Å². The van der Waals surface area contributed by atoms with Crippen LogP contribution in [0.3, 0.4) is 0 Å². The summed E-state index contributed by atoms with van der Waals surface area (Å²) in [6.07, 6.45) is 1.92. The Labute approximate surface area is 110 Å². The van der Waals surface area contributed by atoms with E-state index in [2.05, 4.69) is 9.82 Å². The molecular weight excluding hydrogens is 282 g/mol. The van der Waals surface area contributed by atoms with Crippen molar-refractivity contribution >= 4 is 27.6 Å². The van der Waals surface area contributed by atoms with Crippen molar-refractivity contribution in [3.05, 3.63) is 11.2 Å². The van der Waals surface area contributed by atoms with Crippen LogP contribution in [-0.4, -0.2) is 35.3 Å². The van der Waals surface area contributed by atoms with Crippen LogP contribution in [0.1, 0.15) is 19.8 Å². The number of sulfonamides is 1. The minimum atomic E-state index is -4.01. The van der Waals surface area contributed by atoms with Gasteiger partial charge in [0.15, 0.2) is 5.03 Å². The van der Waals surface area contributed by atoms with Crippen LogP contribution in [0.2, 0.25) is 5.02 Å². The third kappa shape index (κ3) is 3.21. The Hall–Kier alpha value is -1.12. The summed E-state index contributed by atoms with van der Waals surface area (Å²) < 4.78 is 27.2. The van der Waals surface area contributed by atoms with Gasteiger partial charge in [-0.05, 0) is 6.42 Å². The Kier molecular flexibility index (Phi) is 4.71. The predicted molar refractivity (Wildman–Crippen MR) is 64.9 cm³/mol. The summed E-state index contributed by atoms with van der Waals surface area (Å²) in [5.74, 6) is -1.22. The molecule has 1 aromatic heterocycles. The second-order valence-electron chi connectivity index (χ2n) is 3.72. The fourth-order valence-corrected chi connectivity index (χ4v) is 3.35. The van der Waals surface area contributed by atoms with Gasteiger partial charge >= 0.3 is 5.97 Å². The molecule has 0 bridgehead atoms. The molecule has 0 aromatic carbocycles. The normalized spacial score (nSPS) is 13.5. The fourth-order valence-electron chi connectivity index (χ4n) is 1.47. The number of aliphatic carboxylic acids is 1. The Morgan fingerprint density at radius 1 is 1.67 bits per heavy atom. The minimum Gasteiger partial charge on any atom is -0.480 e. The van der Waals surface area contributed by atoms with Gasteiger partial charge in [0.05, 0.1) is 11.2 Å². The molecule has 1 heterocycles. The van der Waals surface area contributed by atoms with Gasteiger partial charge in [-0.1, -0.05) is 24.9 Å². The second kappa shape index (κ2) is 5.68.